The summed E-state index contributed by atoms with van der Waals surface area (Å²) in [6, 6.07) is 3.59. The average Bonchev–Trinajstić information content (AvgIpc) is 3.15. The van der Waals surface area contributed by atoms with E-state index in [4.69, 9.17) is 0 Å². The van der Waals surface area contributed by atoms with E-state index in [1.165, 1.54) is 12.5 Å². The molecule has 0 aliphatic carbocycles. The minimum absolute atomic E-state index is 0.0155. The Bertz CT molecular complexity index is 940. The molecule has 0 aromatic carbocycles. The van der Waals surface area contributed by atoms with Gasteiger partial charge in [0.05, 0.1) is 24.3 Å². The van der Waals surface area contributed by atoms with Crippen molar-refractivity contribution < 1.29 is 4.79 Å². The average molecular weight is 376 g/mol. The summed E-state index contributed by atoms with van der Waals surface area (Å²) < 4.78 is 0. The number of pyridine rings is 1. The standard InChI is InChI=1S/C19H20N8O/c1-14-9-15(4-6-20-14)17-3-2-7-26-8-5-16(11-26)27(13-22-17)19(28)25-18-10-23-24-12-21-18/h2-4,6-7,9-10,12-13,16H,5,8,11H2,1H3,(H,21,24,25,28)/t16-/m0/s1. The third-order valence-corrected chi connectivity index (χ3v) is 4.62. The number of hydrogen-bond donors (Lipinski definition) is 1. The molecule has 9 nitrogen and oxygen atoms in total. The fraction of sp³-hybridized carbons (Fsp3) is 0.263. The van der Waals surface area contributed by atoms with Crippen LogP contribution >= 0.6 is 0 Å². The highest BCUT2D eigenvalue weighted by Gasteiger charge is 2.29. The van der Waals surface area contributed by atoms with E-state index in [1.807, 2.05) is 37.4 Å². The summed E-state index contributed by atoms with van der Waals surface area (Å²) in [4.78, 5) is 29.6. The van der Waals surface area contributed by atoms with Crippen LogP contribution in [0, 0.1) is 6.92 Å². The molecule has 1 atom stereocenters. The van der Waals surface area contributed by atoms with E-state index in [0.29, 0.717) is 5.82 Å². The molecular weight excluding hydrogens is 356 g/mol. The number of carbonyl (C=O) groups is 1. The van der Waals surface area contributed by atoms with Crippen molar-refractivity contribution >= 4 is 23.9 Å². The van der Waals surface area contributed by atoms with Crippen LogP contribution in [0.25, 0.3) is 5.70 Å². The van der Waals surface area contributed by atoms with Crippen LogP contribution in [0.2, 0.25) is 0 Å². The summed E-state index contributed by atoms with van der Waals surface area (Å²) in [5.41, 5.74) is 2.60. The third kappa shape index (κ3) is 4.03. The fourth-order valence-corrected chi connectivity index (χ4v) is 3.22. The number of hydrogen-bond acceptors (Lipinski definition) is 7. The van der Waals surface area contributed by atoms with Crippen LogP contribution in [0.3, 0.4) is 0 Å². The van der Waals surface area contributed by atoms with Gasteiger partial charge in [-0.2, -0.15) is 5.10 Å². The molecule has 0 radical (unpaired) electrons. The quantitative estimate of drug-likeness (QED) is 0.861. The number of fused-ring (bicyclic) bond motifs is 2. The van der Waals surface area contributed by atoms with Crippen LogP contribution in [-0.2, 0) is 0 Å². The van der Waals surface area contributed by atoms with Crippen molar-refractivity contribution in [3.63, 3.8) is 0 Å². The van der Waals surface area contributed by atoms with E-state index in [0.717, 1.165) is 36.5 Å². The third-order valence-electron chi connectivity index (χ3n) is 4.62. The topological polar surface area (TPSA) is 99.5 Å². The summed E-state index contributed by atoms with van der Waals surface area (Å²) in [5.74, 6) is 0.348. The lowest BCUT2D eigenvalue weighted by molar-refractivity contribution is 0.223. The Morgan fingerprint density at radius 1 is 1.29 bits per heavy atom. The molecule has 4 rings (SSSR count). The normalized spacial score (nSPS) is 18.8. The minimum Gasteiger partial charge on any atom is -0.375 e. The monoisotopic (exact) mass is 376 g/mol. The Labute approximate surface area is 162 Å². The molecule has 9 heteroatoms. The largest absolute Gasteiger partial charge is 0.375 e. The molecule has 1 fully saturated rings. The zero-order valence-corrected chi connectivity index (χ0v) is 15.4. The molecule has 2 bridgehead atoms. The minimum atomic E-state index is -0.300. The smallest absolute Gasteiger partial charge is 0.328 e. The maximum absolute atomic E-state index is 12.9. The lowest BCUT2D eigenvalue weighted by Crippen LogP contribution is -2.43. The molecule has 0 spiro atoms. The van der Waals surface area contributed by atoms with Gasteiger partial charge in [0.25, 0.3) is 0 Å². The van der Waals surface area contributed by atoms with E-state index in [-0.39, 0.29) is 12.1 Å². The van der Waals surface area contributed by atoms with Crippen molar-refractivity contribution in [3.05, 3.63) is 60.5 Å². The Hall–Kier alpha value is -3.62. The summed E-state index contributed by atoms with van der Waals surface area (Å²) in [6.45, 7) is 3.56. The number of aromatic nitrogens is 4. The summed E-state index contributed by atoms with van der Waals surface area (Å²) in [7, 11) is 0. The molecule has 1 saturated heterocycles. The van der Waals surface area contributed by atoms with E-state index in [9.17, 15) is 4.79 Å². The molecule has 28 heavy (non-hydrogen) atoms. The zero-order chi connectivity index (χ0) is 19.3. The number of urea groups is 1. The van der Waals surface area contributed by atoms with E-state index >= 15 is 0 Å². The molecule has 2 aromatic rings. The van der Waals surface area contributed by atoms with Gasteiger partial charge in [-0.05, 0) is 43.8 Å². The van der Waals surface area contributed by atoms with Gasteiger partial charge in [-0.1, -0.05) is 0 Å². The van der Waals surface area contributed by atoms with Gasteiger partial charge in [0.15, 0.2) is 5.82 Å². The highest BCUT2D eigenvalue weighted by Crippen LogP contribution is 2.21. The molecule has 142 valence electrons. The number of carbonyl (C=O) groups excluding carboxylic acids is 1. The van der Waals surface area contributed by atoms with Crippen LogP contribution in [-0.4, -0.2) is 61.5 Å². The van der Waals surface area contributed by atoms with Gasteiger partial charge in [-0.25, -0.2) is 14.8 Å². The van der Waals surface area contributed by atoms with Crippen molar-refractivity contribution in [2.45, 2.75) is 19.4 Å². The molecule has 0 saturated carbocycles. The van der Waals surface area contributed by atoms with Gasteiger partial charge in [-0.15, -0.1) is 5.10 Å². The van der Waals surface area contributed by atoms with Gasteiger partial charge < -0.3 is 4.90 Å². The SMILES string of the molecule is Cc1cc(C2=CC=CN3CC[C@@H](C3)N(C(=O)Nc3cnncn3)C=N2)ccn1. The van der Waals surface area contributed by atoms with E-state index < -0.39 is 0 Å². The summed E-state index contributed by atoms with van der Waals surface area (Å²) >= 11 is 0. The molecule has 2 amide bonds. The van der Waals surface area contributed by atoms with Crippen molar-refractivity contribution in [2.24, 2.45) is 4.99 Å². The maximum Gasteiger partial charge on any atom is 0.328 e. The predicted molar refractivity (Wildman–Crippen MR) is 105 cm³/mol. The number of amides is 2. The number of nitrogens with zero attached hydrogens (tertiary/aromatic N) is 7. The highest BCUT2D eigenvalue weighted by molar-refractivity contribution is 5.97. The highest BCUT2D eigenvalue weighted by atomic mass is 16.2. The van der Waals surface area contributed by atoms with Crippen molar-refractivity contribution in [2.75, 3.05) is 18.4 Å². The second kappa shape index (κ2) is 7.95. The lowest BCUT2D eigenvalue weighted by atomic mass is 10.1. The number of nitrogens with one attached hydrogen (secondary N) is 1. The Morgan fingerprint density at radius 3 is 3.04 bits per heavy atom. The van der Waals surface area contributed by atoms with Gasteiger partial charge in [0, 0.05) is 30.5 Å². The van der Waals surface area contributed by atoms with E-state index in [2.05, 4.69) is 35.4 Å². The first-order chi connectivity index (χ1) is 13.7. The Morgan fingerprint density at radius 2 is 2.21 bits per heavy atom. The second-order valence-electron chi connectivity index (χ2n) is 6.59. The number of rotatable bonds is 2. The zero-order valence-electron chi connectivity index (χ0n) is 15.4. The van der Waals surface area contributed by atoms with Crippen LogP contribution in [0.4, 0.5) is 10.6 Å². The van der Waals surface area contributed by atoms with Gasteiger partial charge in [0.1, 0.15) is 6.33 Å². The maximum atomic E-state index is 12.9. The van der Waals surface area contributed by atoms with Crippen molar-refractivity contribution in [3.8, 4) is 0 Å². The van der Waals surface area contributed by atoms with Crippen LogP contribution in [0.5, 0.6) is 0 Å². The lowest BCUT2D eigenvalue weighted by Gasteiger charge is -2.25. The molecule has 2 aliphatic rings. The Balaban J connectivity index is 1.64. The molecule has 2 aromatic heterocycles. The molecule has 4 heterocycles. The summed E-state index contributed by atoms with van der Waals surface area (Å²) in [6.07, 6.45) is 12.9. The van der Waals surface area contributed by atoms with Crippen LogP contribution in [0.1, 0.15) is 17.7 Å². The first-order valence-corrected chi connectivity index (χ1v) is 9.01. The molecule has 0 unspecified atom stereocenters. The van der Waals surface area contributed by atoms with Crippen molar-refractivity contribution in [1.29, 1.82) is 0 Å². The van der Waals surface area contributed by atoms with Gasteiger partial charge in [0.2, 0.25) is 0 Å². The Kier molecular flexibility index (Phi) is 5.05. The van der Waals surface area contributed by atoms with Crippen LogP contribution in [0.15, 0.2) is 54.2 Å². The number of aryl methyl sites for hydroxylation is 1. The summed E-state index contributed by atoms with van der Waals surface area (Å²) in [5, 5.41) is 10.1. The number of allylic oxidation sites excluding steroid dienone is 2. The first-order valence-electron chi connectivity index (χ1n) is 9.01. The molecule has 2 aliphatic heterocycles. The fourth-order valence-electron chi connectivity index (χ4n) is 3.22. The first kappa shape index (κ1) is 17.8. The number of aliphatic imine (C=N–C) groups is 1. The van der Waals surface area contributed by atoms with E-state index in [1.54, 1.807) is 17.4 Å². The van der Waals surface area contributed by atoms with Gasteiger partial charge >= 0.3 is 6.03 Å². The predicted octanol–water partition coefficient (Wildman–Crippen LogP) is 2.08. The molecule has 1 N–H and O–H groups in total. The van der Waals surface area contributed by atoms with Crippen molar-refractivity contribution in [1.82, 2.24) is 30.0 Å². The molecular formula is C19H20N8O. The number of anilines is 1. The van der Waals surface area contributed by atoms with Gasteiger partial charge in [-0.3, -0.25) is 15.2 Å². The van der Waals surface area contributed by atoms with Crippen LogP contribution < -0.4 is 5.32 Å². The second-order valence-corrected chi connectivity index (χ2v) is 6.59.